The summed E-state index contributed by atoms with van der Waals surface area (Å²) in [5.41, 5.74) is 1.86. The number of hydrogen-bond acceptors (Lipinski definition) is 3. The second kappa shape index (κ2) is 10.8. The lowest BCUT2D eigenvalue weighted by Gasteiger charge is -2.12. The maximum atomic E-state index is 11.1. The van der Waals surface area contributed by atoms with Crippen molar-refractivity contribution in [2.75, 3.05) is 13.2 Å². The van der Waals surface area contributed by atoms with Gasteiger partial charge in [-0.25, -0.2) is 4.79 Å². The van der Waals surface area contributed by atoms with Gasteiger partial charge in [0.1, 0.15) is 12.4 Å². The molecule has 0 aliphatic rings. The van der Waals surface area contributed by atoms with E-state index in [2.05, 4.69) is 11.8 Å². The van der Waals surface area contributed by atoms with E-state index in [-0.39, 0.29) is 0 Å². The molecule has 0 saturated heterocycles. The van der Waals surface area contributed by atoms with Crippen molar-refractivity contribution >= 4 is 5.97 Å². The zero-order valence-electron chi connectivity index (χ0n) is 14.7. The van der Waals surface area contributed by atoms with Gasteiger partial charge in [0, 0.05) is 18.6 Å². The van der Waals surface area contributed by atoms with E-state index in [9.17, 15) is 4.79 Å². The monoisotopic (exact) mass is 350 g/mol. The highest BCUT2D eigenvalue weighted by Gasteiger charge is 2.17. The third kappa shape index (κ3) is 6.84. The van der Waals surface area contributed by atoms with Crippen LogP contribution < -0.4 is 4.74 Å². The quantitative estimate of drug-likeness (QED) is 0.738. The fourth-order valence-electron chi connectivity index (χ4n) is 2.25. The van der Waals surface area contributed by atoms with Crippen LogP contribution in [0.15, 0.2) is 66.7 Å². The lowest BCUT2D eigenvalue weighted by atomic mass is 10.1. The summed E-state index contributed by atoms with van der Waals surface area (Å²) >= 11 is 0. The highest BCUT2D eigenvalue weighted by molar-refractivity contribution is 5.72. The zero-order valence-corrected chi connectivity index (χ0v) is 14.7. The first-order chi connectivity index (χ1) is 12.7. The molecule has 2 aromatic carbocycles. The molecule has 0 aliphatic heterocycles. The van der Waals surface area contributed by atoms with Crippen molar-refractivity contribution < 1.29 is 19.4 Å². The minimum Gasteiger partial charge on any atom is -0.490 e. The van der Waals surface area contributed by atoms with Crippen LogP contribution in [0, 0.1) is 11.8 Å². The zero-order chi connectivity index (χ0) is 18.6. The average molecular weight is 350 g/mol. The number of hydrogen-bond donors (Lipinski definition) is 1. The predicted molar refractivity (Wildman–Crippen MR) is 101 cm³/mol. The standard InChI is InChI=1S/C22H22O4/c1-2-25-21(22(23)24)17-19-12-14-20(15-13-19)26-16-8-4-7-11-18-9-5-3-6-10-18/h3-6,8-10,12-15,21H,2,16-17H2,1H3,(H,23,24)/t21-/m0/s1. The second-order valence-electron chi connectivity index (χ2n) is 5.48. The number of carboxylic acids is 1. The molecule has 2 aromatic rings. The molecule has 4 heteroatoms. The lowest BCUT2D eigenvalue weighted by Crippen LogP contribution is -2.26. The minimum atomic E-state index is -0.950. The molecule has 0 aliphatic carbocycles. The van der Waals surface area contributed by atoms with Crippen LogP contribution in [0.4, 0.5) is 0 Å². The summed E-state index contributed by atoms with van der Waals surface area (Å²) in [4.78, 5) is 11.1. The van der Waals surface area contributed by atoms with Crippen LogP contribution in [0.3, 0.4) is 0 Å². The summed E-state index contributed by atoms with van der Waals surface area (Å²) in [5.74, 6) is 5.77. The van der Waals surface area contributed by atoms with E-state index >= 15 is 0 Å². The number of ether oxygens (including phenoxy) is 2. The Morgan fingerprint density at radius 1 is 1.15 bits per heavy atom. The normalized spacial score (nSPS) is 11.6. The summed E-state index contributed by atoms with van der Waals surface area (Å²) in [6, 6.07) is 17.1. The topological polar surface area (TPSA) is 55.8 Å². The van der Waals surface area contributed by atoms with Crippen LogP contribution in [0.5, 0.6) is 5.75 Å². The van der Waals surface area contributed by atoms with Crippen molar-refractivity contribution in [2.24, 2.45) is 0 Å². The van der Waals surface area contributed by atoms with Crippen molar-refractivity contribution in [3.63, 3.8) is 0 Å². The van der Waals surface area contributed by atoms with Gasteiger partial charge in [0.15, 0.2) is 6.10 Å². The highest BCUT2D eigenvalue weighted by atomic mass is 16.5. The molecule has 0 unspecified atom stereocenters. The fraction of sp³-hybridized carbons (Fsp3) is 0.227. The molecular weight excluding hydrogens is 328 g/mol. The third-order valence-electron chi connectivity index (χ3n) is 3.53. The van der Waals surface area contributed by atoms with E-state index < -0.39 is 12.1 Å². The summed E-state index contributed by atoms with van der Waals surface area (Å²) in [6.07, 6.45) is 3.12. The van der Waals surface area contributed by atoms with Crippen LogP contribution in [-0.2, 0) is 16.0 Å². The maximum absolute atomic E-state index is 11.1. The van der Waals surface area contributed by atoms with E-state index in [4.69, 9.17) is 14.6 Å². The Bertz CT molecular complexity index is 767. The van der Waals surface area contributed by atoms with Crippen molar-refractivity contribution in [1.29, 1.82) is 0 Å². The molecule has 0 bridgehead atoms. The van der Waals surface area contributed by atoms with Crippen LogP contribution in [0.1, 0.15) is 18.1 Å². The highest BCUT2D eigenvalue weighted by Crippen LogP contribution is 2.14. The van der Waals surface area contributed by atoms with Crippen LogP contribution >= 0.6 is 0 Å². The van der Waals surface area contributed by atoms with Crippen LogP contribution in [-0.4, -0.2) is 30.4 Å². The van der Waals surface area contributed by atoms with Gasteiger partial charge in [0.2, 0.25) is 0 Å². The number of benzene rings is 2. The Kier molecular flexibility index (Phi) is 7.98. The van der Waals surface area contributed by atoms with Gasteiger partial charge < -0.3 is 14.6 Å². The molecule has 0 aromatic heterocycles. The Morgan fingerprint density at radius 3 is 2.54 bits per heavy atom. The van der Waals surface area contributed by atoms with Crippen molar-refractivity contribution in [2.45, 2.75) is 19.4 Å². The first kappa shape index (κ1) is 19.3. The molecule has 0 radical (unpaired) electrons. The molecule has 0 spiro atoms. The molecular formula is C22H22O4. The molecule has 2 rings (SSSR count). The van der Waals surface area contributed by atoms with E-state index in [0.717, 1.165) is 16.9 Å². The van der Waals surface area contributed by atoms with Crippen molar-refractivity contribution in [3.05, 3.63) is 77.9 Å². The van der Waals surface area contributed by atoms with Gasteiger partial charge in [-0.05, 0) is 48.9 Å². The number of allylic oxidation sites excluding steroid dienone is 1. The van der Waals surface area contributed by atoms with Gasteiger partial charge in [-0.15, -0.1) is 0 Å². The van der Waals surface area contributed by atoms with Gasteiger partial charge >= 0.3 is 5.97 Å². The SMILES string of the molecule is CCO[C@@H](Cc1ccc(OCC=CC#Cc2ccccc2)cc1)C(=O)O. The first-order valence-electron chi connectivity index (χ1n) is 8.46. The van der Waals surface area contributed by atoms with Crippen molar-refractivity contribution in [1.82, 2.24) is 0 Å². The largest absolute Gasteiger partial charge is 0.490 e. The Balaban J connectivity index is 1.79. The van der Waals surface area contributed by atoms with Gasteiger partial charge in [-0.2, -0.15) is 0 Å². The number of aliphatic carboxylic acids is 1. The fourth-order valence-corrected chi connectivity index (χ4v) is 2.25. The van der Waals surface area contributed by atoms with Crippen molar-refractivity contribution in [3.8, 4) is 17.6 Å². The van der Waals surface area contributed by atoms with Gasteiger partial charge in [0.25, 0.3) is 0 Å². The smallest absolute Gasteiger partial charge is 0.333 e. The predicted octanol–water partition coefficient (Wildman–Crippen LogP) is 3.71. The summed E-state index contributed by atoms with van der Waals surface area (Å²) in [6.45, 7) is 2.57. The van der Waals surface area contributed by atoms with Crippen LogP contribution in [0.2, 0.25) is 0 Å². The molecule has 0 amide bonds. The van der Waals surface area contributed by atoms with E-state index in [0.29, 0.717) is 19.6 Å². The number of carboxylic acid groups (broad SMARTS) is 1. The van der Waals surface area contributed by atoms with E-state index in [1.54, 1.807) is 13.0 Å². The molecule has 0 heterocycles. The summed E-state index contributed by atoms with van der Waals surface area (Å²) in [5, 5.41) is 9.11. The number of rotatable bonds is 8. The summed E-state index contributed by atoms with van der Waals surface area (Å²) < 4.78 is 10.8. The molecule has 0 saturated carbocycles. The maximum Gasteiger partial charge on any atom is 0.333 e. The number of carbonyl (C=O) groups is 1. The van der Waals surface area contributed by atoms with Gasteiger partial charge in [0.05, 0.1) is 0 Å². The van der Waals surface area contributed by atoms with E-state index in [1.165, 1.54) is 0 Å². The van der Waals surface area contributed by atoms with Gasteiger partial charge in [-0.3, -0.25) is 0 Å². The van der Waals surface area contributed by atoms with Gasteiger partial charge in [-0.1, -0.05) is 42.2 Å². The second-order valence-corrected chi connectivity index (χ2v) is 5.48. The molecule has 1 N–H and O–H groups in total. The Labute approximate surface area is 154 Å². The lowest BCUT2D eigenvalue weighted by molar-refractivity contribution is -0.149. The molecule has 4 nitrogen and oxygen atoms in total. The van der Waals surface area contributed by atoms with E-state index in [1.807, 2.05) is 60.7 Å². The minimum absolute atomic E-state index is 0.332. The third-order valence-corrected chi connectivity index (χ3v) is 3.53. The molecule has 0 fully saturated rings. The molecule has 134 valence electrons. The molecule has 26 heavy (non-hydrogen) atoms. The first-order valence-corrected chi connectivity index (χ1v) is 8.46. The average Bonchev–Trinajstić information content (AvgIpc) is 2.66. The Hall–Kier alpha value is -3.03. The molecule has 1 atom stereocenters. The Morgan fingerprint density at radius 2 is 1.88 bits per heavy atom. The summed E-state index contributed by atoms with van der Waals surface area (Å²) in [7, 11) is 0. The van der Waals surface area contributed by atoms with Crippen LogP contribution in [0.25, 0.3) is 0 Å².